The molecule has 1 heterocycles. The number of benzene rings is 2. The van der Waals surface area contributed by atoms with Crippen LogP contribution in [0.4, 0.5) is 0 Å². The van der Waals surface area contributed by atoms with Gasteiger partial charge in [0.25, 0.3) is 0 Å². The standard InChI is InChI=1S/C17H15O.ClHO4/c1-12-8-9-15-16(14-6-4-3-5-7-14)11-13(2)18-17(15)10-12;2-1(3,4)5/h3-11H,1-2H3;(H,2,3,4,5)/q+1;/p-1. The van der Waals surface area contributed by atoms with Gasteiger partial charge in [0.05, 0.1) is 12.3 Å². The van der Waals surface area contributed by atoms with Gasteiger partial charge in [-0.15, -0.1) is 10.2 Å². The van der Waals surface area contributed by atoms with Gasteiger partial charge in [-0.1, -0.05) is 36.4 Å². The molecule has 0 bridgehead atoms. The lowest BCUT2D eigenvalue weighted by Crippen LogP contribution is -2.68. The Morgan fingerprint density at radius 3 is 2.04 bits per heavy atom. The highest BCUT2D eigenvalue weighted by molar-refractivity contribution is 5.93. The van der Waals surface area contributed by atoms with Crippen molar-refractivity contribution in [2.24, 2.45) is 0 Å². The number of rotatable bonds is 1. The lowest BCUT2D eigenvalue weighted by molar-refractivity contribution is -2.00. The van der Waals surface area contributed by atoms with Crippen LogP contribution in [0.3, 0.4) is 0 Å². The molecule has 2 aromatic carbocycles. The summed E-state index contributed by atoms with van der Waals surface area (Å²) in [6, 6.07) is 18.9. The molecular weight excluding hydrogens is 320 g/mol. The molecule has 120 valence electrons. The Hall–Kier alpha value is -2.02. The maximum absolute atomic E-state index is 8.49. The van der Waals surface area contributed by atoms with E-state index in [2.05, 4.69) is 55.5 Å². The van der Waals surface area contributed by atoms with Crippen molar-refractivity contribution in [2.75, 3.05) is 0 Å². The molecule has 0 aliphatic heterocycles. The lowest BCUT2D eigenvalue weighted by atomic mass is 10.0. The van der Waals surface area contributed by atoms with E-state index in [1.807, 2.05) is 13.0 Å². The van der Waals surface area contributed by atoms with E-state index in [4.69, 9.17) is 23.1 Å². The second-order valence-electron chi connectivity index (χ2n) is 5.01. The Morgan fingerprint density at radius 1 is 0.826 bits per heavy atom. The monoisotopic (exact) mass is 334 g/mol. The number of halogens is 1. The first kappa shape index (κ1) is 17.3. The van der Waals surface area contributed by atoms with Crippen LogP contribution in [-0.4, -0.2) is 0 Å². The summed E-state index contributed by atoms with van der Waals surface area (Å²) in [4.78, 5) is 0. The first-order valence-electron chi connectivity index (χ1n) is 6.75. The highest BCUT2D eigenvalue weighted by Crippen LogP contribution is 2.30. The second-order valence-corrected chi connectivity index (χ2v) is 5.77. The van der Waals surface area contributed by atoms with Gasteiger partial charge in [0.2, 0.25) is 0 Å². The first-order chi connectivity index (χ1) is 10.7. The number of hydrogen-bond acceptors (Lipinski definition) is 4. The van der Waals surface area contributed by atoms with E-state index in [1.54, 1.807) is 0 Å². The van der Waals surface area contributed by atoms with Crippen LogP contribution in [0.25, 0.3) is 22.1 Å². The van der Waals surface area contributed by atoms with Crippen LogP contribution >= 0.6 is 0 Å². The van der Waals surface area contributed by atoms with Crippen LogP contribution in [0.15, 0.2) is 59.0 Å². The van der Waals surface area contributed by atoms with E-state index >= 15 is 0 Å². The topological polar surface area (TPSA) is 104 Å². The molecule has 0 aliphatic carbocycles. The van der Waals surface area contributed by atoms with Crippen LogP contribution in [0, 0.1) is 24.1 Å². The average Bonchev–Trinajstić information content (AvgIpc) is 2.45. The van der Waals surface area contributed by atoms with Gasteiger partial charge in [-0.05, 0) is 24.1 Å². The molecule has 6 heteroatoms. The summed E-state index contributed by atoms with van der Waals surface area (Å²) in [7, 11) is -4.94. The van der Waals surface area contributed by atoms with Crippen molar-refractivity contribution >= 4 is 11.0 Å². The molecule has 0 spiro atoms. The highest BCUT2D eigenvalue weighted by atomic mass is 35.7. The summed E-state index contributed by atoms with van der Waals surface area (Å²) in [5, 5.41) is 1.16. The zero-order valence-electron chi connectivity index (χ0n) is 12.6. The van der Waals surface area contributed by atoms with E-state index in [0.29, 0.717) is 0 Å². The van der Waals surface area contributed by atoms with Crippen molar-refractivity contribution in [1.82, 2.24) is 0 Å². The molecule has 0 saturated heterocycles. The molecular formula is C17H15ClO5. The third kappa shape index (κ3) is 5.28. The zero-order valence-corrected chi connectivity index (χ0v) is 13.4. The Bertz CT molecular complexity index is 786. The van der Waals surface area contributed by atoms with Gasteiger partial charge in [-0.3, -0.25) is 0 Å². The number of hydrogen-bond donors (Lipinski definition) is 0. The van der Waals surface area contributed by atoms with Crippen molar-refractivity contribution in [3.63, 3.8) is 0 Å². The van der Waals surface area contributed by atoms with Gasteiger partial charge >= 0.3 is 11.3 Å². The second kappa shape index (κ2) is 7.04. The van der Waals surface area contributed by atoms with E-state index < -0.39 is 10.2 Å². The summed E-state index contributed by atoms with van der Waals surface area (Å²) < 4.78 is 39.8. The fraction of sp³-hybridized carbons (Fsp3) is 0.118. The first-order valence-corrected chi connectivity index (χ1v) is 7.99. The predicted octanol–water partition coefficient (Wildman–Crippen LogP) is 0.242. The van der Waals surface area contributed by atoms with Gasteiger partial charge < -0.3 is 0 Å². The summed E-state index contributed by atoms with van der Waals surface area (Å²) >= 11 is 0. The highest BCUT2D eigenvalue weighted by Gasteiger charge is 2.15. The van der Waals surface area contributed by atoms with Crippen LogP contribution in [0.5, 0.6) is 0 Å². The fourth-order valence-corrected chi connectivity index (χ4v) is 2.28. The molecule has 3 rings (SSSR count). The van der Waals surface area contributed by atoms with Crippen LogP contribution in [0.2, 0.25) is 0 Å². The van der Waals surface area contributed by atoms with Crippen LogP contribution < -0.4 is 18.6 Å². The van der Waals surface area contributed by atoms with Crippen molar-refractivity contribution < 1.29 is 33.3 Å². The Morgan fingerprint density at radius 2 is 1.43 bits per heavy atom. The van der Waals surface area contributed by atoms with Gasteiger partial charge in [-0.2, -0.15) is 0 Å². The summed E-state index contributed by atoms with van der Waals surface area (Å²) in [5.74, 6) is 0.937. The molecule has 0 N–H and O–H groups in total. The minimum atomic E-state index is -4.94. The number of fused-ring (bicyclic) bond motifs is 1. The average molecular weight is 335 g/mol. The van der Waals surface area contributed by atoms with Crippen molar-refractivity contribution in [3.8, 4) is 11.1 Å². The molecule has 0 saturated carbocycles. The summed E-state index contributed by atoms with van der Waals surface area (Å²) in [6.45, 7) is 4.08. The quantitative estimate of drug-likeness (QED) is 0.593. The molecule has 0 aliphatic rings. The van der Waals surface area contributed by atoms with Gasteiger partial charge in [0, 0.05) is 17.7 Å². The molecule has 5 nitrogen and oxygen atoms in total. The van der Waals surface area contributed by atoms with Crippen molar-refractivity contribution in [2.45, 2.75) is 13.8 Å². The molecule has 1 aromatic heterocycles. The summed E-state index contributed by atoms with van der Waals surface area (Å²) in [5.41, 5.74) is 4.63. The molecule has 23 heavy (non-hydrogen) atoms. The van der Waals surface area contributed by atoms with Crippen LogP contribution in [0.1, 0.15) is 11.3 Å². The summed E-state index contributed by atoms with van der Waals surface area (Å²) in [6.07, 6.45) is 0. The van der Waals surface area contributed by atoms with Crippen molar-refractivity contribution in [1.29, 1.82) is 0 Å². The van der Waals surface area contributed by atoms with E-state index in [9.17, 15) is 0 Å². The molecule has 3 aromatic rings. The largest absolute Gasteiger partial charge is 0.361 e. The minimum Gasteiger partial charge on any atom is -0.222 e. The molecule has 0 atom stereocenters. The van der Waals surface area contributed by atoms with Gasteiger partial charge in [-0.25, -0.2) is 23.1 Å². The van der Waals surface area contributed by atoms with E-state index in [0.717, 1.165) is 16.7 Å². The fourth-order valence-electron chi connectivity index (χ4n) is 2.28. The van der Waals surface area contributed by atoms with Crippen molar-refractivity contribution in [3.05, 3.63) is 65.9 Å². The smallest absolute Gasteiger partial charge is 0.222 e. The van der Waals surface area contributed by atoms with E-state index in [-0.39, 0.29) is 0 Å². The molecule has 0 radical (unpaired) electrons. The maximum atomic E-state index is 8.49. The number of aryl methyl sites for hydroxylation is 2. The minimum absolute atomic E-state index is 0.937. The SMILES string of the molecule is Cc1ccc2c(-c3ccccc3)cc(C)[o+]c2c1.[O-][Cl+3]([O-])([O-])[O-]. The Balaban J connectivity index is 0.000000338. The third-order valence-electron chi connectivity index (χ3n) is 3.13. The van der Waals surface area contributed by atoms with E-state index in [1.165, 1.54) is 16.7 Å². The Labute approximate surface area is 135 Å². The molecule has 0 fully saturated rings. The van der Waals surface area contributed by atoms with Gasteiger partial charge in [0.1, 0.15) is 0 Å². The zero-order chi connectivity index (χ0) is 17.0. The molecule has 0 unspecified atom stereocenters. The normalized spacial score (nSPS) is 11.0. The van der Waals surface area contributed by atoms with Crippen LogP contribution in [-0.2, 0) is 0 Å². The lowest BCUT2D eigenvalue weighted by Gasteiger charge is -2.17. The van der Waals surface area contributed by atoms with Gasteiger partial charge in [0.15, 0.2) is 0 Å². The molecule has 0 amide bonds. The Kier molecular flexibility index (Phi) is 5.30. The maximum Gasteiger partial charge on any atom is 0.361 e. The predicted molar refractivity (Wildman–Crippen MR) is 75.5 cm³/mol. The third-order valence-corrected chi connectivity index (χ3v) is 3.13.